The monoisotopic (exact) mass is 629 g/mol. The summed E-state index contributed by atoms with van der Waals surface area (Å²) in [6, 6.07) is 14.1. The first-order valence-electron chi connectivity index (χ1n) is 16.6. The number of pyridine rings is 1. The average molecular weight is 630 g/mol. The van der Waals surface area contributed by atoms with E-state index in [1.807, 2.05) is 26.0 Å². The zero-order chi connectivity index (χ0) is 33.6. The number of unbranched alkanes of at least 4 members (excludes halogenated alkanes) is 2. The molecule has 1 saturated heterocycles. The first-order chi connectivity index (χ1) is 21.7. The molecule has 4 rings (SSSR count). The lowest BCUT2D eigenvalue weighted by Crippen LogP contribution is -2.26. The van der Waals surface area contributed by atoms with Gasteiger partial charge >= 0.3 is 0 Å². The van der Waals surface area contributed by atoms with Gasteiger partial charge in [-0.2, -0.15) is 0 Å². The van der Waals surface area contributed by atoms with Gasteiger partial charge in [0.05, 0.1) is 0 Å². The summed E-state index contributed by atoms with van der Waals surface area (Å²) >= 11 is 1.53. The molecule has 1 fully saturated rings. The second kappa shape index (κ2) is 23.3. The summed E-state index contributed by atoms with van der Waals surface area (Å²) in [7, 11) is 0. The van der Waals surface area contributed by atoms with Crippen LogP contribution in [0.25, 0.3) is 5.57 Å². The SMILES string of the molecule is C#CC.C/C=C\C.C=C1CC(c2ccc(CC3CCC(/C(=C\C)c4ccc(CCCCC)nc4C)=C3C)cc2)NSN1.CCO. The van der Waals surface area contributed by atoms with Gasteiger partial charge in [0.15, 0.2) is 0 Å². The number of rotatable bonds is 9. The molecule has 1 aliphatic heterocycles. The summed E-state index contributed by atoms with van der Waals surface area (Å²) in [5.41, 5.74) is 12.0. The van der Waals surface area contributed by atoms with Crippen LogP contribution in [0.4, 0.5) is 0 Å². The molecule has 1 aromatic carbocycles. The van der Waals surface area contributed by atoms with Gasteiger partial charge in [0.2, 0.25) is 0 Å². The van der Waals surface area contributed by atoms with Crippen molar-refractivity contribution in [2.75, 3.05) is 6.61 Å². The fourth-order valence-electron chi connectivity index (χ4n) is 5.53. The van der Waals surface area contributed by atoms with Gasteiger partial charge in [0.1, 0.15) is 0 Å². The minimum atomic E-state index is 0.250. The molecule has 1 aromatic heterocycles. The lowest BCUT2D eigenvalue weighted by Gasteiger charge is -2.25. The number of aromatic nitrogens is 1. The maximum atomic E-state index is 7.57. The Labute approximate surface area is 280 Å². The highest BCUT2D eigenvalue weighted by atomic mass is 32.2. The highest BCUT2D eigenvalue weighted by molar-refractivity contribution is 7.95. The fraction of sp³-hybridized carbons (Fsp3) is 0.475. The second-order valence-corrected chi connectivity index (χ2v) is 12.0. The Morgan fingerprint density at radius 2 is 1.73 bits per heavy atom. The van der Waals surface area contributed by atoms with Crippen LogP contribution < -0.4 is 9.44 Å². The Bertz CT molecular complexity index is 1280. The summed E-state index contributed by atoms with van der Waals surface area (Å²) in [6.45, 7) is 20.6. The molecule has 2 unspecified atom stereocenters. The molecular weight excluding hydrogens is 571 g/mol. The van der Waals surface area contributed by atoms with Gasteiger partial charge in [-0.15, -0.1) is 12.3 Å². The molecule has 246 valence electrons. The maximum Gasteiger partial charge on any atom is 0.0492 e. The van der Waals surface area contributed by atoms with E-state index >= 15 is 0 Å². The van der Waals surface area contributed by atoms with E-state index in [2.05, 4.69) is 98.5 Å². The molecule has 0 bridgehead atoms. The number of benzene rings is 1. The zero-order valence-corrected chi connectivity index (χ0v) is 30.1. The molecule has 2 heterocycles. The van der Waals surface area contributed by atoms with E-state index in [1.54, 1.807) is 19.4 Å². The van der Waals surface area contributed by atoms with E-state index in [0.717, 1.165) is 31.4 Å². The molecule has 0 amide bonds. The lowest BCUT2D eigenvalue weighted by atomic mass is 9.90. The van der Waals surface area contributed by atoms with Crippen LogP contribution in [0, 0.1) is 25.2 Å². The van der Waals surface area contributed by atoms with Gasteiger partial charge in [0, 0.05) is 53.9 Å². The highest BCUT2D eigenvalue weighted by Crippen LogP contribution is 2.41. The van der Waals surface area contributed by atoms with E-state index in [0.29, 0.717) is 12.0 Å². The van der Waals surface area contributed by atoms with Crippen LogP contribution in [-0.2, 0) is 12.8 Å². The van der Waals surface area contributed by atoms with Crippen LogP contribution in [-0.4, -0.2) is 16.7 Å². The Hall–Kier alpha value is -3.04. The number of aliphatic hydroxyl groups is 1. The molecule has 4 nitrogen and oxygen atoms in total. The van der Waals surface area contributed by atoms with Crippen LogP contribution in [0.2, 0.25) is 0 Å². The van der Waals surface area contributed by atoms with Crippen molar-refractivity contribution in [3.05, 3.63) is 106 Å². The van der Waals surface area contributed by atoms with E-state index < -0.39 is 0 Å². The van der Waals surface area contributed by atoms with Crippen molar-refractivity contribution in [3.8, 4) is 12.3 Å². The van der Waals surface area contributed by atoms with Crippen molar-refractivity contribution in [2.45, 2.75) is 113 Å². The van der Waals surface area contributed by atoms with E-state index in [4.69, 9.17) is 10.1 Å². The minimum absolute atomic E-state index is 0.250. The van der Waals surface area contributed by atoms with Gasteiger partial charge in [-0.1, -0.05) is 80.5 Å². The highest BCUT2D eigenvalue weighted by Gasteiger charge is 2.26. The summed E-state index contributed by atoms with van der Waals surface area (Å²) in [4.78, 5) is 4.97. The van der Waals surface area contributed by atoms with Crippen LogP contribution in [0.5, 0.6) is 0 Å². The van der Waals surface area contributed by atoms with Gasteiger partial charge in [0.25, 0.3) is 0 Å². The summed E-state index contributed by atoms with van der Waals surface area (Å²) in [6.07, 6.45) is 20.2. The molecule has 0 saturated carbocycles. The van der Waals surface area contributed by atoms with Crippen molar-refractivity contribution in [1.82, 2.24) is 14.4 Å². The van der Waals surface area contributed by atoms with Crippen molar-refractivity contribution in [2.24, 2.45) is 5.92 Å². The largest absolute Gasteiger partial charge is 0.397 e. The summed E-state index contributed by atoms with van der Waals surface area (Å²) in [5.74, 6) is 2.86. The van der Waals surface area contributed by atoms with Gasteiger partial charge in [-0.25, -0.2) is 4.72 Å². The van der Waals surface area contributed by atoms with Crippen LogP contribution in [0.15, 0.2) is 78.0 Å². The second-order valence-electron chi connectivity index (χ2n) is 11.4. The number of allylic oxidation sites excluding steroid dienone is 6. The van der Waals surface area contributed by atoms with Crippen LogP contribution >= 0.6 is 12.1 Å². The molecule has 2 atom stereocenters. The first kappa shape index (κ1) is 40.0. The number of nitrogens with one attached hydrogen (secondary N) is 2. The maximum absolute atomic E-state index is 7.57. The third-order valence-corrected chi connectivity index (χ3v) is 8.75. The standard InChI is InChI=1S/C31H41N3S.C4H8.C3H4.C2H6O/c1-6-8-9-10-27-16-18-30(23(5)32-27)28(7-2)29-17-15-26(22(29)4)20-24-11-13-25(14-12-24)31-19-21(3)33-35-34-31;1-3-4-2;1-3-2;1-2-3/h7,11-14,16,18,26,31,33-34H,3,6,8-10,15,17,19-20H2,1-2,4-5H3;3-4H,1-2H3;1H,2H3;3H,2H2,1H3/b28-7+;4-3-;;. The molecule has 2 aromatic rings. The minimum Gasteiger partial charge on any atom is -0.397 e. The van der Waals surface area contributed by atoms with E-state index in [1.165, 1.54) is 77.0 Å². The Morgan fingerprint density at radius 3 is 2.27 bits per heavy atom. The van der Waals surface area contributed by atoms with Crippen LogP contribution in [0.3, 0.4) is 0 Å². The molecular formula is C40H59N3OS. The predicted octanol–water partition coefficient (Wildman–Crippen LogP) is 10.4. The van der Waals surface area contributed by atoms with Crippen molar-refractivity contribution >= 4 is 17.7 Å². The average Bonchev–Trinajstić information content (AvgIpc) is 3.39. The van der Waals surface area contributed by atoms with Crippen molar-refractivity contribution in [3.63, 3.8) is 0 Å². The third-order valence-electron chi connectivity index (χ3n) is 7.96. The topological polar surface area (TPSA) is 57.2 Å². The summed E-state index contributed by atoms with van der Waals surface area (Å²) < 4.78 is 6.64. The quantitative estimate of drug-likeness (QED) is 0.112. The number of nitrogens with zero attached hydrogens (tertiary/aromatic N) is 1. The van der Waals surface area contributed by atoms with Gasteiger partial charge in [-0.3, -0.25) is 4.98 Å². The molecule has 3 N–H and O–H groups in total. The predicted molar refractivity (Wildman–Crippen MR) is 200 cm³/mol. The zero-order valence-electron chi connectivity index (χ0n) is 29.3. The van der Waals surface area contributed by atoms with E-state index in [9.17, 15) is 0 Å². The first-order valence-corrected chi connectivity index (χ1v) is 17.4. The van der Waals surface area contributed by atoms with Crippen molar-refractivity contribution < 1.29 is 5.11 Å². The van der Waals surface area contributed by atoms with Gasteiger partial charge in [-0.05, 0) is 115 Å². The number of terminal acetylenes is 1. The van der Waals surface area contributed by atoms with Crippen molar-refractivity contribution in [1.29, 1.82) is 0 Å². The summed E-state index contributed by atoms with van der Waals surface area (Å²) in [5, 5.41) is 7.57. The number of hydrogen-bond acceptors (Lipinski definition) is 5. The number of aryl methyl sites for hydroxylation is 2. The smallest absolute Gasteiger partial charge is 0.0492 e. The molecule has 45 heavy (non-hydrogen) atoms. The molecule has 0 radical (unpaired) electrons. The number of hydrogen-bond donors (Lipinski definition) is 3. The normalized spacial score (nSPS) is 17.7. The lowest BCUT2D eigenvalue weighted by molar-refractivity contribution is 0.318. The van der Waals surface area contributed by atoms with E-state index in [-0.39, 0.29) is 6.61 Å². The van der Waals surface area contributed by atoms with Gasteiger partial charge < -0.3 is 9.83 Å². The number of aliphatic hydroxyl groups excluding tert-OH is 1. The molecule has 5 heteroatoms. The molecule has 1 aliphatic carbocycles. The third kappa shape index (κ3) is 13.9. The Kier molecular flexibility index (Phi) is 20.7. The fourth-order valence-corrected chi connectivity index (χ4v) is 6.17. The van der Waals surface area contributed by atoms with Crippen LogP contribution in [0.1, 0.15) is 121 Å². The Balaban J connectivity index is 0.000000893. The molecule has 2 aliphatic rings. The Morgan fingerprint density at radius 1 is 1.09 bits per heavy atom. The molecule has 0 spiro atoms.